The Hall–Kier alpha value is -3.43. The van der Waals surface area contributed by atoms with Crippen molar-refractivity contribution in [3.8, 4) is 11.1 Å². The minimum absolute atomic E-state index is 0.0937. The quantitative estimate of drug-likeness (QED) is 0.594. The topological polar surface area (TPSA) is 114 Å². The molecule has 1 saturated heterocycles. The molecule has 1 aliphatic heterocycles. The van der Waals surface area contributed by atoms with Crippen LogP contribution in [-0.4, -0.2) is 79.6 Å². The van der Waals surface area contributed by atoms with Crippen LogP contribution in [0.2, 0.25) is 0 Å². The summed E-state index contributed by atoms with van der Waals surface area (Å²) in [6, 6.07) is 15.2. The summed E-state index contributed by atoms with van der Waals surface area (Å²) in [7, 11) is 1.51. The van der Waals surface area contributed by atoms with Crippen molar-refractivity contribution in [2.45, 2.75) is 30.9 Å². The Kier molecular flexibility index (Phi) is 7.37. The third-order valence-electron chi connectivity index (χ3n) is 6.58. The molecule has 2 amide bonds. The van der Waals surface area contributed by atoms with Gasteiger partial charge in [-0.05, 0) is 29.2 Å². The van der Waals surface area contributed by atoms with Crippen LogP contribution in [-0.2, 0) is 23.8 Å². The molecule has 0 aromatic heterocycles. The van der Waals surface area contributed by atoms with E-state index >= 15 is 0 Å². The summed E-state index contributed by atoms with van der Waals surface area (Å²) in [5.41, 5.74) is 2.94. The average Bonchev–Trinajstić information content (AvgIpc) is 3.18. The highest BCUT2D eigenvalue weighted by Crippen LogP contribution is 2.44. The Morgan fingerprint density at radius 2 is 1.77 bits per heavy atom. The van der Waals surface area contributed by atoms with Gasteiger partial charge in [-0.3, -0.25) is 4.79 Å². The predicted octanol–water partition coefficient (Wildman–Crippen LogP) is 2.63. The van der Waals surface area contributed by atoms with Crippen LogP contribution in [0.25, 0.3) is 11.1 Å². The molecule has 0 spiro atoms. The fourth-order valence-corrected chi connectivity index (χ4v) is 4.68. The number of morpholine rings is 1. The van der Waals surface area contributed by atoms with Gasteiger partial charge >= 0.3 is 12.1 Å². The lowest BCUT2D eigenvalue weighted by Crippen LogP contribution is -2.59. The molecule has 2 aromatic rings. The Morgan fingerprint density at radius 1 is 1.14 bits per heavy atom. The van der Waals surface area contributed by atoms with Gasteiger partial charge in [-0.2, -0.15) is 0 Å². The van der Waals surface area contributed by atoms with Crippen molar-refractivity contribution in [1.29, 1.82) is 0 Å². The van der Waals surface area contributed by atoms with Crippen molar-refractivity contribution in [1.82, 2.24) is 10.2 Å². The smallest absolute Gasteiger partial charge is 0.407 e. The molecular formula is C26H30N2O7. The standard InChI is InChI=1S/C26H30N2O7/c1-26(24(30)31)16-28(12-14-35-26)23(29)22(11-13-33-2)27-25(32)34-15-21-19-9-5-3-7-17(19)18-8-4-6-10-20(18)21/h3-10,21-22H,11-16H2,1-2H3,(H,27,32)(H,30,31). The number of alkyl carbamates (subject to hydrolysis) is 1. The van der Waals surface area contributed by atoms with Crippen molar-refractivity contribution < 1.29 is 33.7 Å². The molecule has 1 aliphatic carbocycles. The van der Waals surface area contributed by atoms with Gasteiger partial charge in [0.25, 0.3) is 0 Å². The Morgan fingerprint density at radius 3 is 2.37 bits per heavy atom. The summed E-state index contributed by atoms with van der Waals surface area (Å²) in [6.45, 7) is 2.00. The van der Waals surface area contributed by atoms with Crippen LogP contribution in [0.4, 0.5) is 4.79 Å². The number of aliphatic carboxylic acids is 1. The van der Waals surface area contributed by atoms with Crippen molar-refractivity contribution in [2.24, 2.45) is 0 Å². The Bertz CT molecular complexity index is 1060. The lowest BCUT2D eigenvalue weighted by Gasteiger charge is -2.39. The molecule has 2 N–H and O–H groups in total. The average molecular weight is 483 g/mol. The largest absolute Gasteiger partial charge is 0.479 e. The van der Waals surface area contributed by atoms with E-state index in [1.54, 1.807) is 0 Å². The van der Waals surface area contributed by atoms with Gasteiger partial charge in [-0.15, -0.1) is 0 Å². The summed E-state index contributed by atoms with van der Waals surface area (Å²) in [6.07, 6.45) is -0.490. The number of rotatable bonds is 8. The molecule has 1 fully saturated rings. The van der Waals surface area contributed by atoms with Crippen molar-refractivity contribution in [2.75, 3.05) is 40.0 Å². The normalized spacial score (nSPS) is 20.0. The van der Waals surface area contributed by atoms with Crippen LogP contribution in [0, 0.1) is 0 Å². The SMILES string of the molecule is COCCC(NC(=O)OCC1c2ccccc2-c2ccccc21)C(=O)N1CCOC(C)(C(=O)O)C1. The number of amides is 2. The lowest BCUT2D eigenvalue weighted by molar-refractivity contribution is -0.177. The highest BCUT2D eigenvalue weighted by Gasteiger charge is 2.42. The summed E-state index contributed by atoms with van der Waals surface area (Å²) in [5, 5.41) is 12.1. The number of benzene rings is 2. The number of methoxy groups -OCH3 is 1. The van der Waals surface area contributed by atoms with Crippen LogP contribution in [0.3, 0.4) is 0 Å². The fraction of sp³-hybridized carbons (Fsp3) is 0.423. The van der Waals surface area contributed by atoms with E-state index in [1.165, 1.54) is 18.9 Å². The molecule has 9 heteroatoms. The zero-order valence-corrected chi connectivity index (χ0v) is 19.9. The zero-order valence-electron chi connectivity index (χ0n) is 19.9. The molecular weight excluding hydrogens is 452 g/mol. The second-order valence-corrected chi connectivity index (χ2v) is 8.95. The molecule has 0 bridgehead atoms. The molecule has 9 nitrogen and oxygen atoms in total. The van der Waals surface area contributed by atoms with Crippen molar-refractivity contribution in [3.63, 3.8) is 0 Å². The second kappa shape index (κ2) is 10.5. The maximum atomic E-state index is 13.2. The number of nitrogens with zero attached hydrogens (tertiary/aromatic N) is 1. The number of fused-ring (bicyclic) bond motifs is 3. The molecule has 2 atom stereocenters. The van der Waals surface area contributed by atoms with Crippen LogP contribution in [0.5, 0.6) is 0 Å². The first-order valence-electron chi connectivity index (χ1n) is 11.6. The van der Waals surface area contributed by atoms with Crippen LogP contribution in [0.15, 0.2) is 48.5 Å². The van der Waals surface area contributed by atoms with E-state index in [9.17, 15) is 19.5 Å². The van der Waals surface area contributed by atoms with Gasteiger partial charge in [0.05, 0.1) is 13.2 Å². The van der Waals surface area contributed by atoms with Gasteiger partial charge in [0.15, 0.2) is 5.60 Å². The highest BCUT2D eigenvalue weighted by atomic mass is 16.5. The summed E-state index contributed by atoms with van der Waals surface area (Å²) < 4.78 is 16.1. The molecule has 2 aliphatic rings. The van der Waals surface area contributed by atoms with E-state index in [1.807, 2.05) is 36.4 Å². The van der Waals surface area contributed by atoms with Crippen LogP contribution < -0.4 is 5.32 Å². The Balaban J connectivity index is 1.42. The molecule has 35 heavy (non-hydrogen) atoms. The monoisotopic (exact) mass is 482 g/mol. The Labute approximate surface area is 204 Å². The summed E-state index contributed by atoms with van der Waals surface area (Å²) in [5.74, 6) is -1.64. The first-order chi connectivity index (χ1) is 16.8. The van der Waals surface area contributed by atoms with Crippen LogP contribution >= 0.6 is 0 Å². The molecule has 0 radical (unpaired) electrons. The van der Waals surface area contributed by atoms with E-state index in [4.69, 9.17) is 14.2 Å². The number of ether oxygens (including phenoxy) is 3. The number of nitrogens with one attached hydrogen (secondary N) is 1. The van der Waals surface area contributed by atoms with Gasteiger partial charge in [0.1, 0.15) is 12.6 Å². The van der Waals surface area contributed by atoms with Gasteiger partial charge < -0.3 is 29.5 Å². The summed E-state index contributed by atoms with van der Waals surface area (Å²) in [4.78, 5) is 38.9. The number of hydrogen-bond acceptors (Lipinski definition) is 6. The van der Waals surface area contributed by atoms with E-state index in [0.717, 1.165) is 22.3 Å². The molecule has 1 heterocycles. The predicted molar refractivity (Wildman–Crippen MR) is 127 cm³/mol. The van der Waals surface area contributed by atoms with E-state index in [2.05, 4.69) is 17.4 Å². The first kappa shape index (κ1) is 24.7. The van der Waals surface area contributed by atoms with E-state index in [0.29, 0.717) is 0 Å². The fourth-order valence-electron chi connectivity index (χ4n) is 4.68. The van der Waals surface area contributed by atoms with Gasteiger partial charge in [0, 0.05) is 32.6 Å². The molecule has 0 saturated carbocycles. The second-order valence-electron chi connectivity index (χ2n) is 8.95. The molecule has 2 aromatic carbocycles. The number of carboxylic acids is 1. The number of hydrogen-bond donors (Lipinski definition) is 2. The van der Waals surface area contributed by atoms with Crippen molar-refractivity contribution >= 4 is 18.0 Å². The zero-order chi connectivity index (χ0) is 25.0. The van der Waals surface area contributed by atoms with Crippen LogP contribution in [0.1, 0.15) is 30.4 Å². The number of carbonyl (C=O) groups is 3. The third-order valence-corrected chi connectivity index (χ3v) is 6.58. The van der Waals surface area contributed by atoms with E-state index < -0.39 is 29.6 Å². The summed E-state index contributed by atoms with van der Waals surface area (Å²) >= 11 is 0. The molecule has 2 unspecified atom stereocenters. The van der Waals surface area contributed by atoms with Crippen molar-refractivity contribution in [3.05, 3.63) is 59.7 Å². The minimum atomic E-state index is -1.50. The first-order valence-corrected chi connectivity index (χ1v) is 11.6. The van der Waals surface area contributed by atoms with Gasteiger partial charge in [-0.1, -0.05) is 48.5 Å². The lowest BCUT2D eigenvalue weighted by atomic mass is 9.98. The molecule has 4 rings (SSSR count). The van der Waals surface area contributed by atoms with Gasteiger partial charge in [-0.25, -0.2) is 9.59 Å². The maximum Gasteiger partial charge on any atom is 0.407 e. The third kappa shape index (κ3) is 5.16. The van der Waals surface area contributed by atoms with Gasteiger partial charge in [0.2, 0.25) is 5.91 Å². The highest BCUT2D eigenvalue weighted by molar-refractivity contribution is 5.87. The maximum absolute atomic E-state index is 13.2. The minimum Gasteiger partial charge on any atom is -0.479 e. The number of carbonyl (C=O) groups excluding carboxylic acids is 2. The number of carboxylic acid groups (broad SMARTS) is 1. The molecule has 186 valence electrons. The van der Waals surface area contributed by atoms with E-state index in [-0.39, 0.29) is 45.2 Å².